The molecule has 3 aromatic rings. The van der Waals surface area contributed by atoms with Crippen LogP contribution < -0.4 is 4.90 Å². The van der Waals surface area contributed by atoms with Crippen molar-refractivity contribution >= 4 is 22.7 Å². The summed E-state index contributed by atoms with van der Waals surface area (Å²) in [7, 11) is 1.37. The zero-order valence-electron chi connectivity index (χ0n) is 14.5. The highest BCUT2D eigenvalue weighted by molar-refractivity contribution is 5.93. The zero-order valence-corrected chi connectivity index (χ0v) is 14.5. The van der Waals surface area contributed by atoms with Crippen LogP contribution in [-0.4, -0.2) is 49.4 Å². The van der Waals surface area contributed by atoms with E-state index in [1.54, 1.807) is 24.4 Å². The van der Waals surface area contributed by atoms with Gasteiger partial charge in [-0.1, -0.05) is 12.1 Å². The maximum atomic E-state index is 11.7. The topological polar surface area (TPSA) is 64.5 Å². The van der Waals surface area contributed by atoms with Crippen molar-refractivity contribution in [2.75, 3.05) is 38.3 Å². The van der Waals surface area contributed by atoms with Crippen LogP contribution in [0.4, 0.5) is 5.69 Å². The first-order valence-corrected chi connectivity index (χ1v) is 8.53. The molecular weight excluding hydrogens is 330 g/mol. The fourth-order valence-corrected chi connectivity index (χ4v) is 3.06. The van der Waals surface area contributed by atoms with Gasteiger partial charge in [0.05, 0.1) is 48.8 Å². The standard InChI is InChI=1S/C20H19N3O3/c1-25-20(24)15-4-7-17-18(12-15)22-19(13-21-17)14-2-5-16(6-3-14)23-8-10-26-11-9-23/h2-7,12-13H,8-11H2,1H3. The van der Waals surface area contributed by atoms with Gasteiger partial charge in [-0.15, -0.1) is 0 Å². The maximum Gasteiger partial charge on any atom is 0.337 e. The molecule has 0 saturated carbocycles. The summed E-state index contributed by atoms with van der Waals surface area (Å²) >= 11 is 0. The van der Waals surface area contributed by atoms with Crippen LogP contribution in [0.3, 0.4) is 0 Å². The van der Waals surface area contributed by atoms with Crippen LogP contribution in [0.25, 0.3) is 22.3 Å². The van der Waals surface area contributed by atoms with Gasteiger partial charge in [0, 0.05) is 24.3 Å². The van der Waals surface area contributed by atoms with Crippen molar-refractivity contribution < 1.29 is 14.3 Å². The van der Waals surface area contributed by atoms with E-state index in [1.165, 1.54) is 12.8 Å². The summed E-state index contributed by atoms with van der Waals surface area (Å²) in [6.45, 7) is 3.34. The molecule has 0 unspecified atom stereocenters. The summed E-state index contributed by atoms with van der Waals surface area (Å²) in [6, 6.07) is 13.5. The molecular formula is C20H19N3O3. The number of nitrogens with zero attached hydrogens (tertiary/aromatic N) is 3. The molecule has 0 atom stereocenters. The second kappa shape index (κ2) is 7.09. The fraction of sp³-hybridized carbons (Fsp3) is 0.250. The lowest BCUT2D eigenvalue weighted by molar-refractivity contribution is 0.0601. The van der Waals surface area contributed by atoms with Gasteiger partial charge in [0.25, 0.3) is 0 Å². The number of benzene rings is 2. The zero-order chi connectivity index (χ0) is 17.9. The Morgan fingerprint density at radius 2 is 1.85 bits per heavy atom. The number of anilines is 1. The largest absolute Gasteiger partial charge is 0.465 e. The molecule has 0 amide bonds. The summed E-state index contributed by atoms with van der Waals surface area (Å²) in [5.41, 5.74) is 4.81. The molecule has 2 aromatic carbocycles. The third kappa shape index (κ3) is 3.23. The molecule has 0 aliphatic carbocycles. The monoisotopic (exact) mass is 349 g/mol. The predicted molar refractivity (Wildman–Crippen MR) is 99.3 cm³/mol. The molecule has 26 heavy (non-hydrogen) atoms. The van der Waals surface area contributed by atoms with E-state index in [1.807, 2.05) is 12.1 Å². The van der Waals surface area contributed by atoms with Crippen LogP contribution in [0.2, 0.25) is 0 Å². The minimum Gasteiger partial charge on any atom is -0.465 e. The van der Waals surface area contributed by atoms with Crippen molar-refractivity contribution in [1.29, 1.82) is 0 Å². The van der Waals surface area contributed by atoms with Gasteiger partial charge in [-0.2, -0.15) is 0 Å². The number of carbonyl (C=O) groups excluding carboxylic acids is 1. The minimum absolute atomic E-state index is 0.381. The van der Waals surface area contributed by atoms with E-state index in [9.17, 15) is 4.79 Å². The van der Waals surface area contributed by atoms with Crippen molar-refractivity contribution in [3.8, 4) is 11.3 Å². The van der Waals surface area contributed by atoms with Gasteiger partial charge in [0.2, 0.25) is 0 Å². The van der Waals surface area contributed by atoms with Crippen LogP contribution >= 0.6 is 0 Å². The van der Waals surface area contributed by atoms with E-state index in [4.69, 9.17) is 9.47 Å². The number of esters is 1. The van der Waals surface area contributed by atoms with E-state index in [0.717, 1.165) is 43.1 Å². The Morgan fingerprint density at radius 3 is 2.58 bits per heavy atom. The molecule has 0 N–H and O–H groups in total. The van der Waals surface area contributed by atoms with Crippen molar-refractivity contribution in [3.63, 3.8) is 0 Å². The van der Waals surface area contributed by atoms with E-state index >= 15 is 0 Å². The predicted octanol–water partition coefficient (Wildman–Crippen LogP) is 2.92. The molecule has 1 aliphatic rings. The highest BCUT2D eigenvalue weighted by atomic mass is 16.5. The Morgan fingerprint density at radius 1 is 1.08 bits per heavy atom. The van der Waals surface area contributed by atoms with Crippen LogP contribution in [0.5, 0.6) is 0 Å². The minimum atomic E-state index is -0.381. The maximum absolute atomic E-state index is 11.7. The van der Waals surface area contributed by atoms with Gasteiger partial charge < -0.3 is 14.4 Å². The van der Waals surface area contributed by atoms with E-state index in [2.05, 4.69) is 27.0 Å². The van der Waals surface area contributed by atoms with Crippen LogP contribution in [-0.2, 0) is 9.47 Å². The van der Waals surface area contributed by atoms with Gasteiger partial charge >= 0.3 is 5.97 Å². The summed E-state index contributed by atoms with van der Waals surface area (Å²) in [6.07, 6.45) is 1.75. The van der Waals surface area contributed by atoms with Crippen molar-refractivity contribution in [2.24, 2.45) is 0 Å². The molecule has 1 fully saturated rings. The van der Waals surface area contributed by atoms with Crippen LogP contribution in [0, 0.1) is 0 Å². The number of hydrogen-bond donors (Lipinski definition) is 0. The molecule has 4 rings (SSSR count). The second-order valence-electron chi connectivity index (χ2n) is 6.10. The first-order valence-electron chi connectivity index (χ1n) is 8.53. The Kier molecular flexibility index (Phi) is 4.50. The number of rotatable bonds is 3. The second-order valence-corrected chi connectivity index (χ2v) is 6.10. The molecule has 1 aromatic heterocycles. The SMILES string of the molecule is COC(=O)c1ccc2ncc(-c3ccc(N4CCOCC4)cc3)nc2c1. The number of ether oxygens (including phenoxy) is 2. The molecule has 0 radical (unpaired) electrons. The van der Waals surface area contributed by atoms with Crippen molar-refractivity contribution in [2.45, 2.75) is 0 Å². The number of fused-ring (bicyclic) bond motifs is 1. The van der Waals surface area contributed by atoms with Gasteiger partial charge in [0.1, 0.15) is 0 Å². The summed E-state index contributed by atoms with van der Waals surface area (Å²) < 4.78 is 10.2. The summed E-state index contributed by atoms with van der Waals surface area (Å²) in [5.74, 6) is -0.381. The molecule has 2 heterocycles. The van der Waals surface area contributed by atoms with E-state index < -0.39 is 0 Å². The highest BCUT2D eigenvalue weighted by Crippen LogP contribution is 2.24. The normalized spacial score (nSPS) is 14.4. The van der Waals surface area contributed by atoms with E-state index in [-0.39, 0.29) is 5.97 Å². The molecule has 0 spiro atoms. The lowest BCUT2D eigenvalue weighted by Crippen LogP contribution is -2.36. The molecule has 132 valence electrons. The lowest BCUT2D eigenvalue weighted by Gasteiger charge is -2.28. The average Bonchev–Trinajstić information content (AvgIpc) is 2.73. The Hall–Kier alpha value is -2.99. The number of methoxy groups -OCH3 is 1. The van der Waals surface area contributed by atoms with Crippen molar-refractivity contribution in [1.82, 2.24) is 9.97 Å². The Bertz CT molecular complexity index is 935. The summed E-state index contributed by atoms with van der Waals surface area (Å²) in [5, 5.41) is 0. The highest BCUT2D eigenvalue weighted by Gasteiger charge is 2.12. The first kappa shape index (κ1) is 16.5. The Labute approximate surface area is 151 Å². The van der Waals surface area contributed by atoms with Crippen molar-refractivity contribution in [3.05, 3.63) is 54.2 Å². The quantitative estimate of drug-likeness (QED) is 0.678. The number of hydrogen-bond acceptors (Lipinski definition) is 6. The van der Waals surface area contributed by atoms with Gasteiger partial charge in [-0.05, 0) is 30.3 Å². The molecule has 1 saturated heterocycles. The molecule has 1 aliphatic heterocycles. The van der Waals surface area contributed by atoms with Gasteiger partial charge in [-0.3, -0.25) is 4.98 Å². The fourth-order valence-electron chi connectivity index (χ4n) is 3.06. The molecule has 0 bridgehead atoms. The summed E-state index contributed by atoms with van der Waals surface area (Å²) in [4.78, 5) is 23.1. The molecule has 6 nitrogen and oxygen atoms in total. The first-order chi connectivity index (χ1) is 12.7. The van der Waals surface area contributed by atoms with Gasteiger partial charge in [-0.25, -0.2) is 9.78 Å². The van der Waals surface area contributed by atoms with Gasteiger partial charge in [0.15, 0.2) is 0 Å². The number of aromatic nitrogens is 2. The number of morpholine rings is 1. The Balaban J connectivity index is 1.64. The average molecular weight is 349 g/mol. The third-order valence-corrected chi connectivity index (χ3v) is 4.50. The third-order valence-electron chi connectivity index (χ3n) is 4.50. The van der Waals surface area contributed by atoms with Crippen LogP contribution in [0.1, 0.15) is 10.4 Å². The van der Waals surface area contributed by atoms with Crippen LogP contribution in [0.15, 0.2) is 48.7 Å². The smallest absolute Gasteiger partial charge is 0.337 e. The lowest BCUT2D eigenvalue weighted by atomic mass is 10.1. The van der Waals surface area contributed by atoms with E-state index in [0.29, 0.717) is 11.1 Å². The molecule has 6 heteroatoms. The number of carbonyl (C=O) groups is 1.